The van der Waals surface area contributed by atoms with Crippen molar-refractivity contribution >= 4 is 10.1 Å². The monoisotopic (exact) mass is 430 g/mol. The van der Waals surface area contributed by atoms with E-state index < -0.39 is 15.9 Å². The molecule has 0 unspecified atom stereocenters. The quantitative estimate of drug-likeness (QED) is 0.230. The standard InChI is InChI=1S/C19H19FN6O3S/c1-13(2)18-19(30(27,28)29-16-8-5-6-14(20)10-16)26(17(24-18)11-23-25-21)12-15-7-3-4-9-22-15/h3-10,13H,11-12H2,1-2H3. The summed E-state index contributed by atoms with van der Waals surface area (Å²) in [5.41, 5.74) is 9.54. The van der Waals surface area contributed by atoms with Crippen LogP contribution in [-0.2, 0) is 23.2 Å². The van der Waals surface area contributed by atoms with Crippen molar-refractivity contribution in [2.24, 2.45) is 5.11 Å². The first-order valence-electron chi connectivity index (χ1n) is 9.02. The first kappa shape index (κ1) is 21.3. The number of halogens is 1. The van der Waals surface area contributed by atoms with Gasteiger partial charge in [-0.3, -0.25) is 4.98 Å². The average Bonchev–Trinajstić information content (AvgIpc) is 3.06. The van der Waals surface area contributed by atoms with Crippen LogP contribution in [0.15, 0.2) is 58.8 Å². The average molecular weight is 430 g/mol. The fourth-order valence-electron chi connectivity index (χ4n) is 2.86. The van der Waals surface area contributed by atoms with Gasteiger partial charge in [0.25, 0.3) is 0 Å². The lowest BCUT2D eigenvalue weighted by atomic mass is 10.1. The van der Waals surface area contributed by atoms with E-state index in [0.717, 1.165) is 6.07 Å². The number of hydrogen-bond acceptors (Lipinski definition) is 6. The molecule has 11 heteroatoms. The van der Waals surface area contributed by atoms with Crippen molar-refractivity contribution in [1.82, 2.24) is 14.5 Å². The smallest absolute Gasteiger partial charge is 0.357 e. The number of imidazole rings is 1. The molecule has 0 atom stereocenters. The summed E-state index contributed by atoms with van der Waals surface area (Å²) in [7, 11) is -4.39. The summed E-state index contributed by atoms with van der Waals surface area (Å²) in [5, 5.41) is 3.34. The van der Waals surface area contributed by atoms with Crippen LogP contribution in [0.25, 0.3) is 10.4 Å². The van der Waals surface area contributed by atoms with E-state index >= 15 is 0 Å². The molecule has 30 heavy (non-hydrogen) atoms. The molecule has 0 aliphatic heterocycles. The van der Waals surface area contributed by atoms with E-state index in [4.69, 9.17) is 9.71 Å². The molecule has 2 aromatic heterocycles. The Morgan fingerprint density at radius 3 is 2.70 bits per heavy atom. The van der Waals surface area contributed by atoms with E-state index in [1.807, 2.05) is 0 Å². The molecule has 0 aliphatic rings. The maximum absolute atomic E-state index is 13.5. The molecule has 2 heterocycles. The molecule has 3 aromatic rings. The van der Waals surface area contributed by atoms with Crippen LogP contribution >= 0.6 is 0 Å². The Labute approximate surface area is 172 Å². The number of aromatic nitrogens is 3. The summed E-state index contributed by atoms with van der Waals surface area (Å²) in [5.74, 6) is -0.811. The lowest BCUT2D eigenvalue weighted by Gasteiger charge is -2.14. The number of rotatable bonds is 8. The fourth-order valence-corrected chi connectivity index (χ4v) is 4.27. The third-order valence-electron chi connectivity index (χ3n) is 4.13. The molecule has 0 saturated carbocycles. The lowest BCUT2D eigenvalue weighted by Crippen LogP contribution is -2.19. The molecule has 0 bridgehead atoms. The van der Waals surface area contributed by atoms with E-state index in [-0.39, 0.29) is 41.3 Å². The fraction of sp³-hybridized carbons (Fsp3) is 0.263. The normalized spacial score (nSPS) is 11.3. The maximum atomic E-state index is 13.5. The van der Waals surface area contributed by atoms with Crippen LogP contribution in [0.1, 0.15) is 37.0 Å². The first-order chi connectivity index (χ1) is 14.3. The van der Waals surface area contributed by atoms with Crippen molar-refractivity contribution < 1.29 is 17.0 Å². The van der Waals surface area contributed by atoms with E-state index in [0.29, 0.717) is 5.69 Å². The van der Waals surface area contributed by atoms with Crippen LogP contribution in [0.3, 0.4) is 0 Å². The first-order valence-corrected chi connectivity index (χ1v) is 10.4. The van der Waals surface area contributed by atoms with E-state index in [9.17, 15) is 12.8 Å². The van der Waals surface area contributed by atoms with Gasteiger partial charge < -0.3 is 8.75 Å². The van der Waals surface area contributed by atoms with Crippen LogP contribution in [0, 0.1) is 5.82 Å². The zero-order chi connectivity index (χ0) is 21.7. The summed E-state index contributed by atoms with van der Waals surface area (Å²) < 4.78 is 46.5. The zero-order valence-corrected chi connectivity index (χ0v) is 17.1. The molecule has 1 aromatic carbocycles. The van der Waals surface area contributed by atoms with E-state index in [2.05, 4.69) is 20.0 Å². The highest BCUT2D eigenvalue weighted by Gasteiger charge is 2.31. The predicted octanol–water partition coefficient (Wildman–Crippen LogP) is 4.17. The minimum Gasteiger partial charge on any atom is -0.378 e. The largest absolute Gasteiger partial charge is 0.378 e. The Bertz CT molecular complexity index is 1190. The van der Waals surface area contributed by atoms with Crippen LogP contribution in [0.5, 0.6) is 5.75 Å². The summed E-state index contributed by atoms with van der Waals surface area (Å²) in [6.45, 7) is 3.48. The van der Waals surface area contributed by atoms with Crippen molar-refractivity contribution in [3.05, 3.63) is 82.1 Å². The number of hydrogen-bond donors (Lipinski definition) is 0. The van der Waals surface area contributed by atoms with Gasteiger partial charge in [-0.05, 0) is 35.7 Å². The molecule has 156 valence electrons. The lowest BCUT2D eigenvalue weighted by molar-refractivity contribution is 0.468. The second-order valence-electron chi connectivity index (χ2n) is 6.66. The van der Waals surface area contributed by atoms with Crippen LogP contribution < -0.4 is 4.18 Å². The van der Waals surface area contributed by atoms with Crippen molar-refractivity contribution in [3.8, 4) is 5.75 Å². The van der Waals surface area contributed by atoms with Gasteiger partial charge in [0, 0.05) is 17.2 Å². The van der Waals surface area contributed by atoms with Crippen LogP contribution in [-0.4, -0.2) is 23.0 Å². The molecule has 0 radical (unpaired) electrons. The van der Waals surface area contributed by atoms with Gasteiger partial charge in [-0.25, -0.2) is 9.37 Å². The Morgan fingerprint density at radius 2 is 2.07 bits per heavy atom. The Hall–Kier alpha value is -3.43. The number of pyridine rings is 1. The van der Waals surface area contributed by atoms with Gasteiger partial charge in [-0.15, -0.1) is 0 Å². The van der Waals surface area contributed by atoms with Gasteiger partial charge in [0.2, 0.25) is 0 Å². The highest BCUT2D eigenvalue weighted by molar-refractivity contribution is 7.87. The molecular formula is C19H19FN6O3S. The Kier molecular flexibility index (Phi) is 6.34. The number of benzene rings is 1. The van der Waals surface area contributed by atoms with Gasteiger partial charge in [-0.2, -0.15) is 8.42 Å². The van der Waals surface area contributed by atoms with Crippen molar-refractivity contribution in [1.29, 1.82) is 0 Å². The Morgan fingerprint density at radius 1 is 1.27 bits per heavy atom. The van der Waals surface area contributed by atoms with Gasteiger partial charge in [0.05, 0.1) is 24.5 Å². The van der Waals surface area contributed by atoms with Gasteiger partial charge in [-0.1, -0.05) is 31.1 Å². The maximum Gasteiger partial charge on any atom is 0.357 e. The molecule has 0 fully saturated rings. The Balaban J connectivity index is 2.16. The second-order valence-corrected chi connectivity index (χ2v) is 8.13. The molecular weight excluding hydrogens is 411 g/mol. The molecule has 0 N–H and O–H groups in total. The molecule has 0 spiro atoms. The van der Waals surface area contributed by atoms with Gasteiger partial charge in [0.15, 0.2) is 5.03 Å². The molecule has 9 nitrogen and oxygen atoms in total. The van der Waals surface area contributed by atoms with E-state index in [1.165, 1.54) is 22.8 Å². The third kappa shape index (κ3) is 4.76. The summed E-state index contributed by atoms with van der Waals surface area (Å²) in [6, 6.07) is 10.1. The molecule has 3 rings (SSSR count). The number of nitrogens with zero attached hydrogens (tertiary/aromatic N) is 6. The summed E-state index contributed by atoms with van der Waals surface area (Å²) in [4.78, 5) is 11.4. The number of azide groups is 1. The van der Waals surface area contributed by atoms with Gasteiger partial charge >= 0.3 is 10.1 Å². The SMILES string of the molecule is CC(C)c1nc(CN=[N+]=[N-])n(Cc2ccccn2)c1S(=O)(=O)Oc1cccc(F)c1. The molecule has 0 saturated heterocycles. The zero-order valence-electron chi connectivity index (χ0n) is 16.3. The topological polar surface area (TPSA) is 123 Å². The minimum atomic E-state index is -4.39. The van der Waals surface area contributed by atoms with E-state index in [1.54, 1.807) is 38.2 Å². The van der Waals surface area contributed by atoms with Crippen molar-refractivity contribution in [2.45, 2.75) is 37.9 Å². The molecule has 0 aliphatic carbocycles. The van der Waals surface area contributed by atoms with Gasteiger partial charge in [0.1, 0.15) is 17.4 Å². The summed E-state index contributed by atoms with van der Waals surface area (Å²) >= 11 is 0. The second kappa shape index (κ2) is 8.93. The third-order valence-corrected chi connectivity index (χ3v) is 5.45. The van der Waals surface area contributed by atoms with Crippen molar-refractivity contribution in [3.63, 3.8) is 0 Å². The van der Waals surface area contributed by atoms with Crippen molar-refractivity contribution in [2.75, 3.05) is 0 Å². The molecule has 0 amide bonds. The highest BCUT2D eigenvalue weighted by atomic mass is 32.2. The predicted molar refractivity (Wildman–Crippen MR) is 107 cm³/mol. The van der Waals surface area contributed by atoms with Crippen LogP contribution in [0.4, 0.5) is 4.39 Å². The summed E-state index contributed by atoms with van der Waals surface area (Å²) in [6.07, 6.45) is 1.58. The highest BCUT2D eigenvalue weighted by Crippen LogP contribution is 2.29. The van der Waals surface area contributed by atoms with Crippen LogP contribution in [0.2, 0.25) is 0 Å². The minimum absolute atomic E-state index is 0.0674.